The Morgan fingerprint density at radius 3 is 1.88 bits per heavy atom. The van der Waals surface area contributed by atoms with E-state index in [1.807, 2.05) is 23.3 Å². The van der Waals surface area contributed by atoms with E-state index in [2.05, 4.69) is 33.9 Å². The van der Waals surface area contributed by atoms with Crippen LogP contribution in [0.2, 0.25) is 18.1 Å². The fourth-order valence-corrected chi connectivity index (χ4v) is 5.42. The molecule has 0 bridgehead atoms. The van der Waals surface area contributed by atoms with Crippen molar-refractivity contribution in [2.75, 3.05) is 0 Å². The van der Waals surface area contributed by atoms with Crippen LogP contribution in [0.1, 0.15) is 20.8 Å². The predicted molar refractivity (Wildman–Crippen MR) is 79.3 cm³/mol. The van der Waals surface area contributed by atoms with E-state index < -0.39 is 14.3 Å². The molecule has 0 saturated carbocycles. The Morgan fingerprint density at radius 2 is 1.53 bits per heavy atom. The van der Waals surface area contributed by atoms with Gasteiger partial charge < -0.3 is 10.0 Å². The first kappa shape index (κ1) is 14.8. The van der Waals surface area contributed by atoms with Crippen molar-refractivity contribution in [3.05, 3.63) is 24.3 Å². The number of rotatable bonds is 3. The van der Waals surface area contributed by atoms with Crippen molar-refractivity contribution in [1.82, 2.24) is 0 Å². The normalized spacial score (nSPS) is 12.6. The van der Waals surface area contributed by atoms with Gasteiger partial charge in [-0.05, 0) is 22.6 Å². The average Bonchev–Trinajstić information content (AvgIpc) is 2.16. The lowest BCUT2D eigenvalue weighted by atomic mass is 9.81. The molecule has 17 heavy (non-hydrogen) atoms. The fraction of sp³-hybridized carbons (Fsp3) is 0.500. The van der Waals surface area contributed by atoms with Crippen molar-refractivity contribution in [3.8, 4) is 0 Å². The fourth-order valence-electron chi connectivity index (χ4n) is 1.16. The van der Waals surface area contributed by atoms with Crippen LogP contribution in [0.5, 0.6) is 0 Å². The molecule has 94 valence electrons. The highest BCUT2D eigenvalue weighted by molar-refractivity contribution is 8.29. The molecule has 0 fully saturated rings. The summed E-state index contributed by atoms with van der Waals surface area (Å²) in [6, 6.07) is 7.50. The van der Waals surface area contributed by atoms with Crippen molar-refractivity contribution >= 4 is 31.0 Å². The van der Waals surface area contributed by atoms with E-state index in [1.165, 1.54) is 4.90 Å². The van der Waals surface area contributed by atoms with Gasteiger partial charge in [-0.3, -0.25) is 0 Å². The molecular weight excluding hydrogens is 247 g/mol. The summed E-state index contributed by atoms with van der Waals surface area (Å²) in [7, 11) is -2.77. The van der Waals surface area contributed by atoms with Gasteiger partial charge in [-0.1, -0.05) is 46.0 Å². The Labute approximate surface area is 109 Å². The third-order valence-corrected chi connectivity index (χ3v) is 12.1. The van der Waals surface area contributed by atoms with Crippen molar-refractivity contribution in [1.29, 1.82) is 0 Å². The Morgan fingerprint density at radius 1 is 1.06 bits per heavy atom. The van der Waals surface area contributed by atoms with Gasteiger partial charge in [0.25, 0.3) is 0 Å². The second-order valence-corrected chi connectivity index (χ2v) is 14.7. The van der Waals surface area contributed by atoms with Crippen LogP contribution in [0.4, 0.5) is 0 Å². The van der Waals surface area contributed by atoms with Crippen LogP contribution in [-0.2, 0) is 0 Å². The zero-order valence-corrected chi connectivity index (χ0v) is 13.0. The maximum absolute atomic E-state index is 9.03. The summed E-state index contributed by atoms with van der Waals surface area (Å²) in [4.78, 5) is 1.21. The molecule has 0 unspecified atom stereocenters. The molecule has 0 aliphatic carbocycles. The minimum atomic E-state index is -1.40. The van der Waals surface area contributed by atoms with Crippen LogP contribution in [0.25, 0.3) is 0 Å². The van der Waals surface area contributed by atoms with Crippen molar-refractivity contribution in [2.24, 2.45) is 0 Å². The minimum absolute atomic E-state index is 0.340. The Kier molecular flexibility index (Phi) is 4.52. The molecule has 0 aliphatic rings. The molecular formula is C12H21BO2SSi. The smallest absolute Gasteiger partial charge is 0.423 e. The third-order valence-electron chi connectivity index (χ3n) is 3.36. The molecule has 2 N–H and O–H groups in total. The van der Waals surface area contributed by atoms with Gasteiger partial charge in [0.05, 0.1) is 0 Å². The maximum Gasteiger partial charge on any atom is 0.488 e. The van der Waals surface area contributed by atoms with E-state index in [4.69, 9.17) is 10.0 Å². The highest BCUT2D eigenvalue weighted by Crippen LogP contribution is 2.46. The molecule has 2 nitrogen and oxygen atoms in total. The minimum Gasteiger partial charge on any atom is -0.423 e. The van der Waals surface area contributed by atoms with Gasteiger partial charge in [0.2, 0.25) is 0 Å². The molecule has 0 amide bonds. The summed E-state index contributed by atoms with van der Waals surface area (Å²) in [6.07, 6.45) is 0. The molecule has 1 rings (SSSR count). The van der Waals surface area contributed by atoms with Gasteiger partial charge in [0, 0.05) is 4.90 Å². The average molecular weight is 268 g/mol. The van der Waals surface area contributed by atoms with Gasteiger partial charge in [0.1, 0.15) is 7.22 Å². The summed E-state index contributed by atoms with van der Waals surface area (Å²) in [6.45, 7) is 11.6. The third kappa shape index (κ3) is 3.88. The number of benzene rings is 1. The van der Waals surface area contributed by atoms with Crippen LogP contribution in [0.3, 0.4) is 0 Å². The van der Waals surface area contributed by atoms with E-state index in [0.29, 0.717) is 10.5 Å². The SMILES string of the molecule is CC(C)(C)[Si](C)(C)Sc1ccc(B(O)O)cc1. The molecule has 1 aromatic rings. The molecule has 0 spiro atoms. The van der Waals surface area contributed by atoms with Crippen molar-refractivity contribution in [3.63, 3.8) is 0 Å². The summed E-state index contributed by atoms with van der Waals surface area (Å²) in [5, 5.41) is 18.4. The molecule has 0 atom stereocenters. The highest BCUT2D eigenvalue weighted by atomic mass is 32.4. The second-order valence-electron chi connectivity index (χ2n) is 5.81. The van der Waals surface area contributed by atoms with Crippen LogP contribution in [0.15, 0.2) is 29.2 Å². The van der Waals surface area contributed by atoms with Crippen LogP contribution >= 0.6 is 11.2 Å². The summed E-state index contributed by atoms with van der Waals surface area (Å²) in [5.74, 6) is 0. The Bertz CT molecular complexity index is 371. The first-order valence-corrected chi connectivity index (χ1v) is 10.3. The van der Waals surface area contributed by atoms with Crippen LogP contribution in [-0.4, -0.2) is 24.4 Å². The molecule has 0 heterocycles. The van der Waals surface area contributed by atoms with Gasteiger partial charge in [0.15, 0.2) is 0 Å². The molecule has 5 heteroatoms. The van der Waals surface area contributed by atoms with E-state index >= 15 is 0 Å². The lowest BCUT2D eigenvalue weighted by Gasteiger charge is -2.36. The quantitative estimate of drug-likeness (QED) is 0.827. The zero-order chi connectivity index (χ0) is 13.3. The van der Waals surface area contributed by atoms with Crippen LogP contribution in [0, 0.1) is 0 Å². The topological polar surface area (TPSA) is 40.5 Å². The highest BCUT2D eigenvalue weighted by Gasteiger charge is 2.36. The van der Waals surface area contributed by atoms with Gasteiger partial charge >= 0.3 is 7.12 Å². The maximum atomic E-state index is 9.03. The van der Waals surface area contributed by atoms with Gasteiger partial charge in [-0.25, -0.2) is 0 Å². The standard InChI is InChI=1S/C12H21BO2SSi/c1-12(2,3)17(4,5)16-11-8-6-10(7-9-11)13(14)15/h6-9,14-15H,1-5H3. The van der Waals surface area contributed by atoms with E-state index in [1.54, 1.807) is 12.1 Å². The molecule has 0 saturated heterocycles. The Hall–Kier alpha value is -0.228. The molecule has 1 aromatic carbocycles. The Balaban J connectivity index is 2.83. The molecule has 0 aromatic heterocycles. The predicted octanol–water partition coefficient (Wildman–Crippen LogP) is 2.46. The van der Waals surface area contributed by atoms with Crippen LogP contribution < -0.4 is 5.46 Å². The number of hydrogen-bond donors (Lipinski definition) is 2. The van der Waals surface area contributed by atoms with Gasteiger partial charge in [-0.2, -0.15) is 11.2 Å². The monoisotopic (exact) mass is 268 g/mol. The van der Waals surface area contributed by atoms with Crippen molar-refractivity contribution in [2.45, 2.75) is 43.8 Å². The molecule has 0 radical (unpaired) electrons. The lowest BCUT2D eigenvalue weighted by Crippen LogP contribution is -2.33. The van der Waals surface area contributed by atoms with Gasteiger partial charge in [-0.15, -0.1) is 0 Å². The number of hydrogen-bond acceptors (Lipinski definition) is 3. The summed E-state index contributed by atoms with van der Waals surface area (Å²) in [5.41, 5.74) is 0.546. The lowest BCUT2D eigenvalue weighted by molar-refractivity contribution is 0.426. The van der Waals surface area contributed by atoms with Crippen molar-refractivity contribution < 1.29 is 10.0 Å². The van der Waals surface area contributed by atoms with E-state index in [-0.39, 0.29) is 0 Å². The zero-order valence-electron chi connectivity index (χ0n) is 11.2. The van der Waals surface area contributed by atoms with E-state index in [9.17, 15) is 0 Å². The summed E-state index contributed by atoms with van der Waals surface area (Å²) >= 11 is 1.95. The first-order valence-electron chi connectivity index (χ1n) is 5.78. The first-order chi connectivity index (χ1) is 7.63. The molecule has 0 aliphatic heterocycles. The largest absolute Gasteiger partial charge is 0.488 e. The second kappa shape index (κ2) is 5.18. The summed E-state index contributed by atoms with van der Waals surface area (Å²) < 4.78 is 0. The van der Waals surface area contributed by atoms with E-state index in [0.717, 1.165) is 0 Å².